The molecule has 2 saturated heterocycles. The third-order valence-electron chi connectivity index (χ3n) is 5.71. The fourth-order valence-corrected chi connectivity index (χ4v) is 4.04. The lowest BCUT2D eigenvalue weighted by atomic mass is 10.2. The lowest BCUT2D eigenvalue weighted by Gasteiger charge is -2.37. The minimum atomic E-state index is -0.238. The summed E-state index contributed by atoms with van der Waals surface area (Å²) in [6.07, 6.45) is 5.42. The highest BCUT2D eigenvalue weighted by Gasteiger charge is 2.30. The van der Waals surface area contributed by atoms with Gasteiger partial charge in [-0.1, -0.05) is 30.3 Å². The van der Waals surface area contributed by atoms with Crippen molar-refractivity contribution in [1.82, 2.24) is 24.7 Å². The summed E-state index contributed by atoms with van der Waals surface area (Å²) in [7, 11) is 1.79. The van der Waals surface area contributed by atoms with Crippen LogP contribution in [-0.4, -0.2) is 77.2 Å². The number of nitrogens with one attached hydrogen (secondary N) is 1. The molecule has 1 amide bonds. The van der Waals surface area contributed by atoms with Crippen molar-refractivity contribution in [1.29, 1.82) is 0 Å². The van der Waals surface area contributed by atoms with E-state index in [4.69, 9.17) is 4.74 Å². The van der Waals surface area contributed by atoms with Crippen molar-refractivity contribution in [2.24, 2.45) is 4.99 Å². The van der Waals surface area contributed by atoms with E-state index in [0.29, 0.717) is 26.2 Å². The predicted octanol–water partition coefficient (Wildman–Crippen LogP) is 1.33. The average Bonchev–Trinajstić information content (AvgIpc) is 3.47. The molecule has 8 heteroatoms. The molecule has 2 aromatic rings. The van der Waals surface area contributed by atoms with Gasteiger partial charge in [-0.25, -0.2) is 4.98 Å². The van der Waals surface area contributed by atoms with Gasteiger partial charge < -0.3 is 24.4 Å². The minimum absolute atomic E-state index is 0.137. The molecule has 4 rings (SSSR count). The maximum absolute atomic E-state index is 12.5. The summed E-state index contributed by atoms with van der Waals surface area (Å²) in [5.41, 5.74) is 1.24. The normalized spacial score (nSPS) is 19.9. The van der Waals surface area contributed by atoms with Gasteiger partial charge in [0.1, 0.15) is 11.9 Å². The van der Waals surface area contributed by atoms with Gasteiger partial charge in [0.2, 0.25) is 0 Å². The van der Waals surface area contributed by atoms with Crippen LogP contribution in [-0.2, 0) is 22.6 Å². The van der Waals surface area contributed by atoms with Crippen molar-refractivity contribution in [2.75, 3.05) is 39.8 Å². The van der Waals surface area contributed by atoms with E-state index in [-0.39, 0.29) is 12.0 Å². The first kappa shape index (κ1) is 20.4. The molecule has 1 aromatic carbocycles. The second-order valence-corrected chi connectivity index (χ2v) is 7.67. The summed E-state index contributed by atoms with van der Waals surface area (Å²) in [6, 6.07) is 10.4. The van der Waals surface area contributed by atoms with Gasteiger partial charge in [-0.2, -0.15) is 0 Å². The lowest BCUT2D eigenvalue weighted by Crippen LogP contribution is -2.55. The molecule has 0 radical (unpaired) electrons. The van der Waals surface area contributed by atoms with E-state index in [0.717, 1.165) is 44.3 Å². The van der Waals surface area contributed by atoms with E-state index in [9.17, 15) is 4.79 Å². The maximum atomic E-state index is 12.5. The lowest BCUT2D eigenvalue weighted by molar-refractivity contribution is -0.142. The molecular weight excluding hydrogens is 380 g/mol. The molecule has 0 saturated carbocycles. The first-order chi connectivity index (χ1) is 14.7. The number of benzene rings is 1. The number of piperazine rings is 1. The summed E-state index contributed by atoms with van der Waals surface area (Å²) < 4.78 is 7.69. The molecule has 1 N–H and O–H groups in total. The SMILES string of the molecule is CN=C(NCc1nccn1Cc1ccccc1)N1CCN(C(=O)C2CCCO2)CC1. The quantitative estimate of drug-likeness (QED) is 0.595. The van der Waals surface area contributed by atoms with Gasteiger partial charge >= 0.3 is 0 Å². The van der Waals surface area contributed by atoms with E-state index >= 15 is 0 Å². The number of amides is 1. The number of hydrogen-bond acceptors (Lipinski definition) is 4. The minimum Gasteiger partial charge on any atom is -0.368 e. The summed E-state index contributed by atoms with van der Waals surface area (Å²) in [5.74, 6) is 1.94. The fraction of sp³-hybridized carbons (Fsp3) is 0.500. The predicted molar refractivity (Wildman–Crippen MR) is 115 cm³/mol. The Morgan fingerprint density at radius 3 is 2.67 bits per heavy atom. The monoisotopic (exact) mass is 410 g/mol. The van der Waals surface area contributed by atoms with Crippen molar-refractivity contribution < 1.29 is 9.53 Å². The van der Waals surface area contributed by atoms with Gasteiger partial charge in [-0.3, -0.25) is 9.79 Å². The molecule has 0 aliphatic carbocycles. The number of aromatic nitrogens is 2. The zero-order valence-corrected chi connectivity index (χ0v) is 17.5. The molecular formula is C22H30N6O2. The number of carbonyl (C=O) groups excluding carboxylic acids is 1. The van der Waals surface area contributed by atoms with Crippen LogP contribution in [0.1, 0.15) is 24.2 Å². The molecule has 2 aliphatic rings. The smallest absolute Gasteiger partial charge is 0.251 e. The number of imidazole rings is 1. The van der Waals surface area contributed by atoms with Crippen LogP contribution in [0, 0.1) is 0 Å². The van der Waals surface area contributed by atoms with Gasteiger partial charge in [-0.15, -0.1) is 0 Å². The van der Waals surface area contributed by atoms with E-state index in [1.54, 1.807) is 7.05 Å². The van der Waals surface area contributed by atoms with E-state index in [1.165, 1.54) is 5.56 Å². The molecule has 1 aromatic heterocycles. The maximum Gasteiger partial charge on any atom is 0.251 e. The zero-order valence-electron chi connectivity index (χ0n) is 17.5. The first-order valence-corrected chi connectivity index (χ1v) is 10.6. The van der Waals surface area contributed by atoms with Crippen molar-refractivity contribution in [2.45, 2.75) is 32.0 Å². The van der Waals surface area contributed by atoms with Crippen LogP contribution >= 0.6 is 0 Å². The van der Waals surface area contributed by atoms with Crippen LogP contribution in [0.15, 0.2) is 47.7 Å². The summed E-state index contributed by atoms with van der Waals surface area (Å²) in [5, 5.41) is 3.43. The summed E-state index contributed by atoms with van der Waals surface area (Å²) >= 11 is 0. The summed E-state index contributed by atoms with van der Waals surface area (Å²) in [6.45, 7) is 5.01. The molecule has 1 unspecified atom stereocenters. The average molecular weight is 411 g/mol. The Morgan fingerprint density at radius 1 is 1.20 bits per heavy atom. The molecule has 1 atom stereocenters. The number of rotatable bonds is 5. The molecule has 3 heterocycles. The van der Waals surface area contributed by atoms with Crippen molar-refractivity contribution >= 4 is 11.9 Å². The Bertz CT molecular complexity index is 852. The third kappa shape index (κ3) is 4.81. The molecule has 8 nitrogen and oxygen atoms in total. The summed E-state index contributed by atoms with van der Waals surface area (Å²) in [4.78, 5) is 25.6. The Hall–Kier alpha value is -2.87. The largest absolute Gasteiger partial charge is 0.368 e. The van der Waals surface area contributed by atoms with Crippen LogP contribution in [0.5, 0.6) is 0 Å². The number of aliphatic imine (C=N–C) groups is 1. The van der Waals surface area contributed by atoms with Gasteiger partial charge in [0.15, 0.2) is 5.96 Å². The fourth-order valence-electron chi connectivity index (χ4n) is 4.04. The Balaban J connectivity index is 1.29. The van der Waals surface area contributed by atoms with Crippen LogP contribution in [0.3, 0.4) is 0 Å². The molecule has 160 valence electrons. The van der Waals surface area contributed by atoms with Crippen LogP contribution < -0.4 is 5.32 Å². The van der Waals surface area contributed by atoms with E-state index in [1.807, 2.05) is 23.4 Å². The van der Waals surface area contributed by atoms with Gasteiger partial charge in [0.05, 0.1) is 6.54 Å². The molecule has 2 fully saturated rings. The Labute approximate surface area is 177 Å². The topological polar surface area (TPSA) is 75.0 Å². The number of carbonyl (C=O) groups is 1. The van der Waals surface area contributed by atoms with Gasteiger partial charge in [-0.05, 0) is 18.4 Å². The molecule has 0 bridgehead atoms. The van der Waals surface area contributed by atoms with Crippen molar-refractivity contribution in [3.8, 4) is 0 Å². The van der Waals surface area contributed by atoms with E-state index in [2.05, 4.69) is 49.0 Å². The first-order valence-electron chi connectivity index (χ1n) is 10.6. The van der Waals surface area contributed by atoms with Crippen molar-refractivity contribution in [3.05, 3.63) is 54.1 Å². The number of hydrogen-bond donors (Lipinski definition) is 1. The molecule has 2 aliphatic heterocycles. The number of nitrogens with zero attached hydrogens (tertiary/aromatic N) is 5. The highest BCUT2D eigenvalue weighted by molar-refractivity contribution is 5.82. The van der Waals surface area contributed by atoms with Gasteiger partial charge in [0, 0.05) is 58.8 Å². The second-order valence-electron chi connectivity index (χ2n) is 7.67. The number of ether oxygens (including phenoxy) is 1. The van der Waals surface area contributed by atoms with Crippen molar-refractivity contribution in [3.63, 3.8) is 0 Å². The molecule has 30 heavy (non-hydrogen) atoms. The highest BCUT2D eigenvalue weighted by Crippen LogP contribution is 2.16. The molecule has 0 spiro atoms. The van der Waals surface area contributed by atoms with Crippen LogP contribution in [0.2, 0.25) is 0 Å². The Morgan fingerprint density at radius 2 is 1.97 bits per heavy atom. The van der Waals surface area contributed by atoms with Gasteiger partial charge in [0.25, 0.3) is 5.91 Å². The second kappa shape index (κ2) is 9.75. The highest BCUT2D eigenvalue weighted by atomic mass is 16.5. The standard InChI is InChI=1S/C22H30N6O2/c1-23-22(27-13-11-26(12-14-27)21(29)19-8-5-15-30-19)25-16-20-24-9-10-28(20)17-18-6-3-2-4-7-18/h2-4,6-7,9-10,19H,5,8,11-17H2,1H3,(H,23,25). The zero-order chi connectivity index (χ0) is 20.8. The van der Waals surface area contributed by atoms with Crippen LogP contribution in [0.25, 0.3) is 0 Å². The number of guanidine groups is 1. The third-order valence-corrected chi connectivity index (χ3v) is 5.71. The van der Waals surface area contributed by atoms with E-state index < -0.39 is 0 Å². The van der Waals surface area contributed by atoms with Crippen LogP contribution in [0.4, 0.5) is 0 Å². The Kier molecular flexibility index (Phi) is 6.63.